The molecule has 7 nitrogen and oxygen atoms in total. The first-order valence-electron chi connectivity index (χ1n) is 10.9. The predicted octanol–water partition coefficient (Wildman–Crippen LogP) is 6.36. The van der Waals surface area contributed by atoms with Crippen molar-refractivity contribution in [3.63, 3.8) is 0 Å². The van der Waals surface area contributed by atoms with Crippen molar-refractivity contribution in [3.8, 4) is 28.7 Å². The fourth-order valence-corrected chi connectivity index (χ4v) is 3.71. The second kappa shape index (κ2) is 12.6. The normalized spacial score (nSPS) is 10.9. The summed E-state index contributed by atoms with van der Waals surface area (Å²) in [6.45, 7) is 0. The van der Waals surface area contributed by atoms with Gasteiger partial charge in [0.15, 0.2) is 17.3 Å². The lowest BCUT2D eigenvalue weighted by atomic mass is 10.1. The molecule has 36 heavy (non-hydrogen) atoms. The van der Waals surface area contributed by atoms with Gasteiger partial charge in [-0.1, -0.05) is 29.8 Å². The van der Waals surface area contributed by atoms with Crippen molar-refractivity contribution in [2.45, 2.75) is 0 Å². The first-order valence-corrected chi connectivity index (χ1v) is 11.3. The molecule has 0 radical (unpaired) electrons. The number of allylic oxidation sites excluding steroid dienone is 1. The third-order valence-electron chi connectivity index (χ3n) is 5.29. The van der Waals surface area contributed by atoms with E-state index in [1.807, 2.05) is 42.5 Å². The van der Waals surface area contributed by atoms with Gasteiger partial charge in [0.25, 0.3) is 0 Å². The van der Waals surface area contributed by atoms with Crippen LogP contribution in [0.1, 0.15) is 21.5 Å². The quantitative estimate of drug-likeness (QED) is 0.183. The van der Waals surface area contributed by atoms with E-state index in [1.54, 1.807) is 52.8 Å². The Kier molecular flexibility index (Phi) is 9.25. The van der Waals surface area contributed by atoms with Crippen molar-refractivity contribution in [2.24, 2.45) is 0 Å². The van der Waals surface area contributed by atoms with Gasteiger partial charge in [-0.25, -0.2) is 0 Å². The molecule has 3 rings (SSSR count). The summed E-state index contributed by atoms with van der Waals surface area (Å²) in [7, 11) is 7.82. The molecular weight excluding hydrogens is 482 g/mol. The molecule has 0 saturated heterocycles. The molecule has 3 aromatic carbocycles. The van der Waals surface area contributed by atoms with Gasteiger partial charge in [0.2, 0.25) is 5.75 Å². The van der Waals surface area contributed by atoms with Gasteiger partial charge in [-0.3, -0.25) is 4.79 Å². The Balaban J connectivity index is 1.79. The van der Waals surface area contributed by atoms with Gasteiger partial charge in [0.1, 0.15) is 11.5 Å². The molecule has 0 fully saturated rings. The van der Waals surface area contributed by atoms with Crippen molar-refractivity contribution >= 4 is 35.2 Å². The molecule has 0 aromatic heterocycles. The van der Waals surface area contributed by atoms with E-state index in [4.69, 9.17) is 35.3 Å². The van der Waals surface area contributed by atoms with Crippen LogP contribution in [0.2, 0.25) is 5.02 Å². The van der Waals surface area contributed by atoms with Gasteiger partial charge in [0, 0.05) is 17.8 Å². The van der Waals surface area contributed by atoms with Crippen molar-refractivity contribution in [1.29, 1.82) is 0 Å². The number of benzene rings is 3. The second-order valence-corrected chi connectivity index (χ2v) is 7.85. The molecule has 188 valence electrons. The summed E-state index contributed by atoms with van der Waals surface area (Å²) in [4.78, 5) is 12.5. The second-order valence-electron chi connectivity index (χ2n) is 7.44. The number of ether oxygens (including phenoxy) is 5. The smallest absolute Gasteiger partial charge is 0.203 e. The van der Waals surface area contributed by atoms with Crippen molar-refractivity contribution in [2.75, 3.05) is 40.9 Å². The fraction of sp³-hybridized carbons (Fsp3) is 0.179. The number of methoxy groups -OCH3 is 5. The summed E-state index contributed by atoms with van der Waals surface area (Å²) in [5.41, 5.74) is 2.93. The Bertz CT molecular complexity index is 1260. The Morgan fingerprint density at radius 2 is 1.33 bits per heavy atom. The lowest BCUT2D eigenvalue weighted by molar-refractivity contribution is 0.104. The molecule has 1 N–H and O–H groups in total. The maximum atomic E-state index is 12.5. The van der Waals surface area contributed by atoms with Crippen LogP contribution < -0.4 is 29.0 Å². The average Bonchev–Trinajstić information content (AvgIpc) is 2.91. The van der Waals surface area contributed by atoms with Crippen molar-refractivity contribution in [3.05, 3.63) is 82.5 Å². The number of nitrogens with one attached hydrogen (secondary N) is 1. The van der Waals surface area contributed by atoms with Crippen LogP contribution in [0.4, 0.5) is 5.69 Å². The first-order chi connectivity index (χ1) is 17.4. The largest absolute Gasteiger partial charge is 0.495 e. The van der Waals surface area contributed by atoms with Crippen LogP contribution in [0.5, 0.6) is 28.7 Å². The highest BCUT2D eigenvalue weighted by atomic mass is 35.5. The molecule has 0 amide bonds. The molecule has 3 aromatic rings. The number of ketones is 1. The third-order valence-corrected chi connectivity index (χ3v) is 5.58. The zero-order valence-corrected chi connectivity index (χ0v) is 21.5. The lowest BCUT2D eigenvalue weighted by Crippen LogP contribution is -1.98. The zero-order valence-electron chi connectivity index (χ0n) is 20.8. The molecule has 0 bridgehead atoms. The Morgan fingerprint density at radius 3 is 1.92 bits per heavy atom. The van der Waals surface area contributed by atoms with Crippen LogP contribution in [0.3, 0.4) is 0 Å². The highest BCUT2D eigenvalue weighted by molar-refractivity contribution is 6.32. The fourth-order valence-electron chi connectivity index (χ4n) is 3.46. The summed E-state index contributed by atoms with van der Waals surface area (Å²) in [6, 6.07) is 14.3. The van der Waals surface area contributed by atoms with E-state index >= 15 is 0 Å². The van der Waals surface area contributed by atoms with E-state index < -0.39 is 0 Å². The summed E-state index contributed by atoms with van der Waals surface area (Å²) >= 11 is 6.12. The monoisotopic (exact) mass is 509 g/mol. The van der Waals surface area contributed by atoms with Gasteiger partial charge < -0.3 is 29.0 Å². The first kappa shape index (κ1) is 26.5. The molecule has 0 unspecified atom stereocenters. The van der Waals surface area contributed by atoms with E-state index in [0.29, 0.717) is 45.0 Å². The number of rotatable bonds is 11. The number of anilines is 1. The summed E-state index contributed by atoms with van der Waals surface area (Å²) in [5, 5.41) is 3.49. The summed E-state index contributed by atoms with van der Waals surface area (Å²) in [6.07, 6.45) is 6.86. The van der Waals surface area contributed by atoms with Gasteiger partial charge in [-0.15, -0.1) is 0 Å². The van der Waals surface area contributed by atoms with E-state index in [1.165, 1.54) is 13.2 Å². The molecule has 0 heterocycles. The lowest BCUT2D eigenvalue weighted by Gasteiger charge is -2.13. The SMILES string of the molecule is COc1ccc(C(=O)/C=C\Nc2cc(/C=C\c3cc(OC)c(OC)c(OC)c3)ccc2OC)cc1Cl. The Hall–Kier alpha value is -4.10. The predicted molar refractivity (Wildman–Crippen MR) is 143 cm³/mol. The standard InChI is InChI=1S/C28H28ClNO6/c1-32-24-11-9-20(17-21(24)29)23(31)12-13-30-22-14-18(8-10-25(22)33-2)6-7-19-15-26(34-3)28(36-5)27(16-19)35-4/h6-17,30H,1-5H3/b7-6-,13-12-. The number of halogens is 1. The van der Waals surface area contributed by atoms with Crippen LogP contribution in [0.25, 0.3) is 12.2 Å². The number of hydrogen-bond donors (Lipinski definition) is 1. The van der Waals surface area contributed by atoms with Gasteiger partial charge in [-0.2, -0.15) is 0 Å². The summed E-state index contributed by atoms with van der Waals surface area (Å²) < 4.78 is 26.8. The van der Waals surface area contributed by atoms with Crippen molar-refractivity contribution in [1.82, 2.24) is 0 Å². The molecule has 0 aliphatic heterocycles. The van der Waals surface area contributed by atoms with E-state index in [0.717, 1.165) is 11.1 Å². The highest BCUT2D eigenvalue weighted by Crippen LogP contribution is 2.38. The minimum absolute atomic E-state index is 0.204. The Morgan fingerprint density at radius 1 is 0.722 bits per heavy atom. The average molecular weight is 510 g/mol. The minimum Gasteiger partial charge on any atom is -0.495 e. The minimum atomic E-state index is -0.204. The van der Waals surface area contributed by atoms with E-state index in [-0.39, 0.29) is 5.78 Å². The van der Waals surface area contributed by atoms with Gasteiger partial charge in [0.05, 0.1) is 46.3 Å². The number of carbonyl (C=O) groups is 1. The van der Waals surface area contributed by atoms with Crippen LogP contribution in [-0.2, 0) is 0 Å². The maximum Gasteiger partial charge on any atom is 0.203 e. The van der Waals surface area contributed by atoms with E-state index in [9.17, 15) is 4.79 Å². The topological polar surface area (TPSA) is 75.3 Å². The Labute approximate surface area is 215 Å². The van der Waals surface area contributed by atoms with Crippen LogP contribution in [0, 0.1) is 0 Å². The molecule has 0 aliphatic rings. The van der Waals surface area contributed by atoms with Crippen LogP contribution >= 0.6 is 11.6 Å². The molecule has 0 saturated carbocycles. The van der Waals surface area contributed by atoms with Crippen LogP contribution in [0.15, 0.2) is 60.8 Å². The summed E-state index contributed by atoms with van der Waals surface area (Å²) in [5.74, 6) is 2.61. The van der Waals surface area contributed by atoms with Gasteiger partial charge >= 0.3 is 0 Å². The van der Waals surface area contributed by atoms with E-state index in [2.05, 4.69) is 5.32 Å². The highest BCUT2D eigenvalue weighted by Gasteiger charge is 2.12. The molecule has 0 spiro atoms. The number of hydrogen-bond acceptors (Lipinski definition) is 7. The molecule has 0 aliphatic carbocycles. The maximum absolute atomic E-state index is 12.5. The van der Waals surface area contributed by atoms with Crippen LogP contribution in [-0.4, -0.2) is 41.3 Å². The third kappa shape index (κ3) is 6.31. The molecule has 8 heteroatoms. The molecule has 0 atom stereocenters. The van der Waals surface area contributed by atoms with Crippen molar-refractivity contribution < 1.29 is 28.5 Å². The van der Waals surface area contributed by atoms with Gasteiger partial charge in [-0.05, 0) is 53.6 Å². The zero-order chi connectivity index (χ0) is 26.1. The number of carbonyl (C=O) groups excluding carboxylic acids is 1. The molecular formula is C28H28ClNO6.